The number of amides is 2. The molecule has 4 rings (SSSR count). The molecule has 0 bridgehead atoms. The summed E-state index contributed by atoms with van der Waals surface area (Å²) in [7, 11) is -3.85. The maximum atomic E-state index is 13.6. The Hall–Kier alpha value is -3.01. The van der Waals surface area contributed by atoms with Crippen LogP contribution in [0.2, 0.25) is 0 Å². The molecule has 2 aromatic carbocycles. The number of carbonyl (C=O) groups excluding carboxylic acids is 2. The first-order chi connectivity index (χ1) is 15.9. The highest BCUT2D eigenvalue weighted by molar-refractivity contribution is 7.92. The van der Waals surface area contributed by atoms with E-state index in [4.69, 9.17) is 0 Å². The maximum absolute atomic E-state index is 13.6. The van der Waals surface area contributed by atoms with Gasteiger partial charge in [-0.25, -0.2) is 13.9 Å². The van der Waals surface area contributed by atoms with E-state index in [2.05, 4.69) is 0 Å². The van der Waals surface area contributed by atoms with Crippen molar-refractivity contribution in [3.63, 3.8) is 0 Å². The van der Waals surface area contributed by atoms with Gasteiger partial charge in [0.1, 0.15) is 4.75 Å². The summed E-state index contributed by atoms with van der Waals surface area (Å²) in [6.07, 6.45) is -0.371. The van der Waals surface area contributed by atoms with Crippen LogP contribution in [-0.4, -0.2) is 49.2 Å². The average molecular weight is 485 g/mol. The van der Waals surface area contributed by atoms with Gasteiger partial charge in [0.25, 0.3) is 5.91 Å². The van der Waals surface area contributed by atoms with Gasteiger partial charge in [0.2, 0.25) is 5.91 Å². The standard InChI is InChI=1S/C24H24N2O5S2/c27-22(25-29)17-24(21-12-11-20(32-21)18-7-3-1-4-8-18)13-14-26(15-16-33(24,30)31)23(28)19-9-5-2-6-10-19/h1-12,29H,13-17H2,(H,25,27). The maximum Gasteiger partial charge on any atom is 0.253 e. The lowest BCUT2D eigenvalue weighted by molar-refractivity contribution is -0.129. The van der Waals surface area contributed by atoms with Crippen LogP contribution in [0.15, 0.2) is 72.8 Å². The number of benzene rings is 2. The van der Waals surface area contributed by atoms with E-state index in [1.165, 1.54) is 16.2 Å². The van der Waals surface area contributed by atoms with E-state index in [9.17, 15) is 23.2 Å². The molecule has 1 aromatic heterocycles. The molecule has 0 spiro atoms. The Morgan fingerprint density at radius 2 is 1.64 bits per heavy atom. The largest absolute Gasteiger partial charge is 0.338 e. The number of hydroxylamine groups is 1. The topological polar surface area (TPSA) is 104 Å². The normalized spacial score (nSPS) is 20.1. The van der Waals surface area contributed by atoms with Crippen molar-refractivity contribution in [1.82, 2.24) is 10.4 Å². The van der Waals surface area contributed by atoms with Crippen molar-refractivity contribution < 1.29 is 23.2 Å². The number of carbonyl (C=O) groups is 2. The van der Waals surface area contributed by atoms with Crippen LogP contribution in [-0.2, 0) is 19.4 Å². The van der Waals surface area contributed by atoms with Crippen molar-refractivity contribution in [3.05, 3.63) is 83.2 Å². The van der Waals surface area contributed by atoms with Crippen LogP contribution in [0.1, 0.15) is 28.1 Å². The first-order valence-corrected chi connectivity index (χ1v) is 13.0. The van der Waals surface area contributed by atoms with Crippen molar-refractivity contribution >= 4 is 33.0 Å². The zero-order valence-corrected chi connectivity index (χ0v) is 19.4. The van der Waals surface area contributed by atoms with Gasteiger partial charge in [-0.3, -0.25) is 14.8 Å². The molecule has 1 unspecified atom stereocenters. The Bertz CT molecular complexity index is 1240. The monoisotopic (exact) mass is 484 g/mol. The molecule has 7 nitrogen and oxygen atoms in total. The number of nitrogens with zero attached hydrogens (tertiary/aromatic N) is 1. The zero-order chi connectivity index (χ0) is 23.5. The highest BCUT2D eigenvalue weighted by Gasteiger charge is 2.49. The van der Waals surface area contributed by atoms with Gasteiger partial charge in [-0.1, -0.05) is 48.5 Å². The minimum Gasteiger partial charge on any atom is -0.338 e. The fourth-order valence-electron chi connectivity index (χ4n) is 4.18. The summed E-state index contributed by atoms with van der Waals surface area (Å²) in [5.41, 5.74) is 3.01. The van der Waals surface area contributed by atoms with Crippen LogP contribution in [0.25, 0.3) is 10.4 Å². The number of thiophene rings is 1. The van der Waals surface area contributed by atoms with Gasteiger partial charge >= 0.3 is 0 Å². The molecule has 33 heavy (non-hydrogen) atoms. The Labute approximate surface area is 196 Å². The quantitative estimate of drug-likeness (QED) is 0.426. The minimum absolute atomic E-state index is 0.0372. The second-order valence-electron chi connectivity index (χ2n) is 7.96. The van der Waals surface area contributed by atoms with Gasteiger partial charge < -0.3 is 4.90 Å². The van der Waals surface area contributed by atoms with Crippen LogP contribution >= 0.6 is 11.3 Å². The third kappa shape index (κ3) is 4.57. The molecule has 2 heterocycles. The lowest BCUT2D eigenvalue weighted by atomic mass is 9.97. The fraction of sp³-hybridized carbons (Fsp3) is 0.250. The van der Waals surface area contributed by atoms with Gasteiger partial charge in [0.05, 0.1) is 12.2 Å². The molecule has 1 aliphatic heterocycles. The molecular weight excluding hydrogens is 460 g/mol. The van der Waals surface area contributed by atoms with Crippen LogP contribution in [0.4, 0.5) is 0 Å². The van der Waals surface area contributed by atoms with Gasteiger partial charge in [0.15, 0.2) is 9.84 Å². The smallest absolute Gasteiger partial charge is 0.253 e. The molecule has 0 aliphatic carbocycles. The fourth-order valence-corrected chi connectivity index (χ4v) is 7.78. The van der Waals surface area contributed by atoms with Gasteiger partial charge in [-0.15, -0.1) is 11.3 Å². The summed E-state index contributed by atoms with van der Waals surface area (Å²) >= 11 is 1.32. The van der Waals surface area contributed by atoms with Crippen LogP contribution in [0.3, 0.4) is 0 Å². The molecule has 2 N–H and O–H groups in total. The molecule has 2 amide bonds. The predicted molar refractivity (Wildman–Crippen MR) is 127 cm³/mol. The zero-order valence-electron chi connectivity index (χ0n) is 17.8. The minimum atomic E-state index is -3.85. The number of hydrogen-bond acceptors (Lipinski definition) is 6. The summed E-state index contributed by atoms with van der Waals surface area (Å²) in [4.78, 5) is 28.2. The Morgan fingerprint density at radius 3 is 2.30 bits per heavy atom. The summed E-state index contributed by atoms with van der Waals surface area (Å²) in [6.45, 7) is 0.208. The number of hydrogen-bond donors (Lipinski definition) is 2. The van der Waals surface area contributed by atoms with E-state index in [0.717, 1.165) is 10.4 Å². The van der Waals surface area contributed by atoms with Crippen LogP contribution in [0.5, 0.6) is 0 Å². The van der Waals surface area contributed by atoms with Crippen molar-refractivity contribution in [2.24, 2.45) is 0 Å². The Balaban J connectivity index is 1.73. The van der Waals surface area contributed by atoms with Gasteiger partial charge in [-0.05, 0) is 36.2 Å². The van der Waals surface area contributed by atoms with E-state index >= 15 is 0 Å². The lowest BCUT2D eigenvalue weighted by Crippen LogP contribution is -2.41. The van der Waals surface area contributed by atoms with Crippen molar-refractivity contribution in [2.75, 3.05) is 18.8 Å². The van der Waals surface area contributed by atoms with Crippen molar-refractivity contribution in [3.8, 4) is 10.4 Å². The predicted octanol–water partition coefficient (Wildman–Crippen LogP) is 3.47. The molecule has 172 valence electrons. The summed E-state index contributed by atoms with van der Waals surface area (Å²) in [5.74, 6) is -1.30. The van der Waals surface area contributed by atoms with Gasteiger partial charge in [0, 0.05) is 28.4 Å². The van der Waals surface area contributed by atoms with E-state index in [1.807, 2.05) is 42.5 Å². The average Bonchev–Trinajstić information content (AvgIpc) is 3.29. The summed E-state index contributed by atoms with van der Waals surface area (Å²) in [5, 5.41) is 9.18. The molecular formula is C24H24N2O5S2. The van der Waals surface area contributed by atoms with Crippen LogP contribution < -0.4 is 5.48 Å². The SMILES string of the molecule is O=C(CC1(c2ccc(-c3ccccc3)s2)CCN(C(=O)c2ccccc2)CCS1(=O)=O)NO. The Kier molecular flexibility index (Phi) is 6.64. The highest BCUT2D eigenvalue weighted by Crippen LogP contribution is 2.45. The molecule has 3 aromatic rings. The molecule has 1 atom stereocenters. The molecule has 9 heteroatoms. The molecule has 1 saturated heterocycles. The van der Waals surface area contributed by atoms with E-state index in [0.29, 0.717) is 10.4 Å². The second kappa shape index (κ2) is 9.46. The number of nitrogens with one attached hydrogen (secondary N) is 1. The molecule has 1 fully saturated rings. The van der Waals surface area contributed by atoms with Gasteiger partial charge in [-0.2, -0.15) is 0 Å². The van der Waals surface area contributed by atoms with E-state index in [1.54, 1.807) is 35.8 Å². The Morgan fingerprint density at radius 1 is 0.970 bits per heavy atom. The van der Waals surface area contributed by atoms with Crippen molar-refractivity contribution in [2.45, 2.75) is 17.6 Å². The number of sulfone groups is 1. The highest BCUT2D eigenvalue weighted by atomic mass is 32.2. The summed E-state index contributed by atoms with van der Waals surface area (Å²) < 4.78 is 25.7. The third-order valence-electron chi connectivity index (χ3n) is 6.00. The van der Waals surface area contributed by atoms with Crippen LogP contribution in [0, 0.1) is 0 Å². The second-order valence-corrected chi connectivity index (χ2v) is 11.5. The lowest BCUT2D eigenvalue weighted by Gasteiger charge is -2.30. The van der Waals surface area contributed by atoms with E-state index in [-0.39, 0.29) is 31.2 Å². The molecule has 1 aliphatic rings. The molecule has 0 saturated carbocycles. The third-order valence-corrected chi connectivity index (χ3v) is 9.95. The summed E-state index contributed by atoms with van der Waals surface area (Å²) in [6, 6.07) is 21.9. The number of rotatable bonds is 5. The first-order valence-electron chi connectivity index (χ1n) is 10.5. The van der Waals surface area contributed by atoms with Crippen molar-refractivity contribution in [1.29, 1.82) is 0 Å². The molecule has 0 radical (unpaired) electrons. The van der Waals surface area contributed by atoms with E-state index < -0.39 is 26.9 Å². The first kappa shape index (κ1) is 23.2.